The smallest absolute Gasteiger partial charge is 0.356 e. The highest BCUT2D eigenvalue weighted by Gasteiger charge is 2.31. The van der Waals surface area contributed by atoms with Gasteiger partial charge in [-0.15, -0.1) is 0 Å². The summed E-state index contributed by atoms with van der Waals surface area (Å²) in [4.78, 5) is 11.0. The highest BCUT2D eigenvalue weighted by molar-refractivity contribution is 7.90. The highest BCUT2D eigenvalue weighted by Crippen LogP contribution is 2.25. The van der Waals surface area contributed by atoms with Crippen LogP contribution in [-0.2, 0) is 10.2 Å². The van der Waals surface area contributed by atoms with Gasteiger partial charge in [0, 0.05) is 18.8 Å². The molecule has 1 aliphatic rings. The van der Waals surface area contributed by atoms with Gasteiger partial charge in [0.25, 0.3) is 0 Å². The SMILES string of the molecule is CC1CCCN1S(=O)(=O)Nc1ccccc1-n1ccc(C(=O)O)n1. The minimum Gasteiger partial charge on any atom is -0.476 e. The van der Waals surface area contributed by atoms with E-state index in [1.165, 1.54) is 21.3 Å². The largest absolute Gasteiger partial charge is 0.476 e. The third-order valence-corrected chi connectivity index (χ3v) is 5.64. The van der Waals surface area contributed by atoms with Crippen molar-refractivity contribution in [3.63, 3.8) is 0 Å². The maximum absolute atomic E-state index is 12.6. The fourth-order valence-corrected chi connectivity index (χ4v) is 4.31. The van der Waals surface area contributed by atoms with Crippen molar-refractivity contribution in [1.82, 2.24) is 14.1 Å². The summed E-state index contributed by atoms with van der Waals surface area (Å²) in [6, 6.07) is 8.04. The normalized spacial score (nSPS) is 18.6. The van der Waals surface area contributed by atoms with Crippen molar-refractivity contribution in [3.8, 4) is 5.69 Å². The molecule has 2 heterocycles. The average molecular weight is 350 g/mol. The maximum Gasteiger partial charge on any atom is 0.356 e. The van der Waals surface area contributed by atoms with E-state index in [0.29, 0.717) is 17.9 Å². The van der Waals surface area contributed by atoms with Crippen LogP contribution in [0.25, 0.3) is 5.69 Å². The number of nitrogens with zero attached hydrogens (tertiary/aromatic N) is 3. The number of carbonyl (C=O) groups is 1. The number of benzene rings is 1. The molecule has 1 saturated heterocycles. The van der Waals surface area contributed by atoms with Gasteiger partial charge in [-0.2, -0.15) is 17.8 Å². The van der Waals surface area contributed by atoms with E-state index in [9.17, 15) is 13.2 Å². The number of carboxylic acids is 1. The first kappa shape index (κ1) is 16.5. The molecule has 0 amide bonds. The Bertz CT molecular complexity index is 862. The van der Waals surface area contributed by atoms with Crippen molar-refractivity contribution in [2.45, 2.75) is 25.8 Å². The Morgan fingerprint density at radius 2 is 2.08 bits per heavy atom. The second kappa shape index (κ2) is 6.25. The van der Waals surface area contributed by atoms with Gasteiger partial charge < -0.3 is 5.11 Å². The lowest BCUT2D eigenvalue weighted by Gasteiger charge is -2.22. The molecule has 24 heavy (non-hydrogen) atoms. The molecule has 8 nitrogen and oxygen atoms in total. The Balaban J connectivity index is 1.93. The van der Waals surface area contributed by atoms with Crippen molar-refractivity contribution < 1.29 is 18.3 Å². The van der Waals surface area contributed by atoms with Crippen LogP contribution in [0, 0.1) is 0 Å². The number of carboxylic acid groups (broad SMARTS) is 1. The van der Waals surface area contributed by atoms with Gasteiger partial charge in [0.15, 0.2) is 5.69 Å². The second-order valence-corrected chi connectivity index (χ2v) is 7.30. The molecule has 0 bridgehead atoms. The molecular weight excluding hydrogens is 332 g/mol. The van der Waals surface area contributed by atoms with Crippen LogP contribution in [0.2, 0.25) is 0 Å². The first-order valence-electron chi connectivity index (χ1n) is 7.56. The minimum absolute atomic E-state index is 0.0435. The van der Waals surface area contributed by atoms with E-state index in [1.54, 1.807) is 24.3 Å². The monoisotopic (exact) mass is 350 g/mol. The molecule has 2 aromatic rings. The number of nitrogens with one attached hydrogen (secondary N) is 1. The molecule has 0 radical (unpaired) electrons. The van der Waals surface area contributed by atoms with E-state index in [2.05, 4.69) is 9.82 Å². The van der Waals surface area contributed by atoms with Gasteiger partial charge >= 0.3 is 16.2 Å². The predicted octanol–water partition coefficient (Wildman–Crippen LogP) is 1.71. The zero-order valence-corrected chi connectivity index (χ0v) is 13.9. The summed E-state index contributed by atoms with van der Waals surface area (Å²) in [6.07, 6.45) is 3.16. The van der Waals surface area contributed by atoms with E-state index in [4.69, 9.17) is 5.11 Å². The summed E-state index contributed by atoms with van der Waals surface area (Å²) in [5.74, 6) is -1.14. The van der Waals surface area contributed by atoms with Crippen LogP contribution in [0.1, 0.15) is 30.3 Å². The Labute approximate surface area is 139 Å². The van der Waals surface area contributed by atoms with Gasteiger partial charge in [-0.25, -0.2) is 9.48 Å². The number of para-hydroxylation sites is 2. The summed E-state index contributed by atoms with van der Waals surface area (Å²) >= 11 is 0. The minimum atomic E-state index is -3.68. The fourth-order valence-electron chi connectivity index (χ4n) is 2.79. The van der Waals surface area contributed by atoms with Gasteiger partial charge in [0.05, 0.1) is 11.4 Å². The molecule has 1 atom stereocenters. The Morgan fingerprint density at radius 1 is 1.33 bits per heavy atom. The summed E-state index contributed by atoms with van der Waals surface area (Å²) in [7, 11) is -3.68. The molecule has 0 spiro atoms. The van der Waals surface area contributed by atoms with Crippen LogP contribution in [0.5, 0.6) is 0 Å². The molecule has 0 aliphatic carbocycles. The molecule has 1 unspecified atom stereocenters. The first-order valence-corrected chi connectivity index (χ1v) is 9.00. The molecule has 0 saturated carbocycles. The van der Waals surface area contributed by atoms with Crippen LogP contribution >= 0.6 is 0 Å². The van der Waals surface area contributed by atoms with Crippen molar-refractivity contribution in [2.24, 2.45) is 0 Å². The molecular formula is C15H18N4O4S. The topological polar surface area (TPSA) is 105 Å². The lowest BCUT2D eigenvalue weighted by atomic mass is 10.3. The highest BCUT2D eigenvalue weighted by atomic mass is 32.2. The standard InChI is InChI=1S/C15H18N4O4S/c1-11-5-4-9-19(11)24(22,23)17-12-6-2-3-7-14(12)18-10-8-13(16-18)15(20)21/h2-3,6-8,10-11,17H,4-5,9H2,1H3,(H,20,21). The predicted molar refractivity (Wildman–Crippen MR) is 88.5 cm³/mol. The van der Waals surface area contributed by atoms with E-state index in [1.807, 2.05) is 6.92 Å². The van der Waals surface area contributed by atoms with Crippen LogP contribution in [0.15, 0.2) is 36.5 Å². The van der Waals surface area contributed by atoms with E-state index < -0.39 is 16.2 Å². The first-order chi connectivity index (χ1) is 11.4. The Hall–Kier alpha value is -2.39. The summed E-state index contributed by atoms with van der Waals surface area (Å²) in [5.41, 5.74) is 0.692. The number of hydrogen-bond acceptors (Lipinski definition) is 4. The molecule has 1 fully saturated rings. The lowest BCUT2D eigenvalue weighted by molar-refractivity contribution is 0.0690. The van der Waals surface area contributed by atoms with Gasteiger partial charge in [0.2, 0.25) is 0 Å². The van der Waals surface area contributed by atoms with Crippen molar-refractivity contribution in [2.75, 3.05) is 11.3 Å². The van der Waals surface area contributed by atoms with Crippen molar-refractivity contribution >= 4 is 21.9 Å². The van der Waals surface area contributed by atoms with E-state index in [-0.39, 0.29) is 11.7 Å². The van der Waals surface area contributed by atoms with Gasteiger partial charge in [-0.3, -0.25) is 4.72 Å². The fraction of sp³-hybridized carbons (Fsp3) is 0.333. The average Bonchev–Trinajstić information content (AvgIpc) is 3.16. The maximum atomic E-state index is 12.6. The zero-order valence-electron chi connectivity index (χ0n) is 13.1. The third kappa shape index (κ3) is 3.13. The number of anilines is 1. The van der Waals surface area contributed by atoms with Crippen molar-refractivity contribution in [3.05, 3.63) is 42.2 Å². The zero-order chi connectivity index (χ0) is 17.3. The quantitative estimate of drug-likeness (QED) is 0.854. The number of aromatic nitrogens is 2. The number of aromatic carboxylic acids is 1. The van der Waals surface area contributed by atoms with Crippen molar-refractivity contribution in [1.29, 1.82) is 0 Å². The Morgan fingerprint density at radius 3 is 2.71 bits per heavy atom. The lowest BCUT2D eigenvalue weighted by Crippen LogP contribution is -2.38. The van der Waals surface area contributed by atoms with E-state index >= 15 is 0 Å². The molecule has 9 heteroatoms. The third-order valence-electron chi connectivity index (χ3n) is 4.00. The number of rotatable bonds is 5. The second-order valence-electron chi connectivity index (χ2n) is 5.68. The van der Waals surface area contributed by atoms with Crippen LogP contribution < -0.4 is 4.72 Å². The molecule has 1 aliphatic heterocycles. The Kier molecular flexibility index (Phi) is 4.29. The summed E-state index contributed by atoms with van der Waals surface area (Å²) < 4.78 is 30.6. The van der Waals surface area contributed by atoms with Gasteiger partial charge in [0.1, 0.15) is 0 Å². The van der Waals surface area contributed by atoms with Crippen LogP contribution in [0.3, 0.4) is 0 Å². The molecule has 2 N–H and O–H groups in total. The van der Waals surface area contributed by atoms with E-state index in [0.717, 1.165) is 12.8 Å². The van der Waals surface area contributed by atoms with Gasteiger partial charge in [-0.05, 0) is 38.0 Å². The molecule has 1 aromatic carbocycles. The van der Waals surface area contributed by atoms with Crippen LogP contribution in [0.4, 0.5) is 5.69 Å². The molecule has 3 rings (SSSR count). The molecule has 128 valence electrons. The number of hydrogen-bond donors (Lipinski definition) is 2. The molecule has 1 aromatic heterocycles. The summed E-state index contributed by atoms with van der Waals surface area (Å²) in [5, 5.41) is 12.9. The summed E-state index contributed by atoms with van der Waals surface area (Å²) in [6.45, 7) is 2.37. The van der Waals surface area contributed by atoms with Gasteiger partial charge in [-0.1, -0.05) is 12.1 Å². The van der Waals surface area contributed by atoms with Crippen LogP contribution in [-0.4, -0.2) is 46.2 Å².